The number of carbonyl (C=O) groups is 1. The zero-order valence-electron chi connectivity index (χ0n) is 18.2. The summed E-state index contributed by atoms with van der Waals surface area (Å²) in [5, 5.41) is 16.3. The summed E-state index contributed by atoms with van der Waals surface area (Å²) >= 11 is 0. The smallest absolute Gasteiger partial charge is 0.220 e. The molecule has 0 saturated carbocycles. The second-order valence-electron chi connectivity index (χ2n) is 8.30. The third-order valence-corrected chi connectivity index (χ3v) is 5.62. The van der Waals surface area contributed by atoms with Crippen molar-refractivity contribution < 1.29 is 14.3 Å². The second-order valence-corrected chi connectivity index (χ2v) is 8.30. The van der Waals surface area contributed by atoms with Gasteiger partial charge in [0.2, 0.25) is 5.91 Å². The molecule has 7 nitrogen and oxygen atoms in total. The molecule has 1 aromatic heterocycles. The molecular weight excluding hydrogens is 380 g/mol. The predicted molar refractivity (Wildman–Crippen MR) is 114 cm³/mol. The molecule has 1 aliphatic heterocycles. The van der Waals surface area contributed by atoms with Gasteiger partial charge in [-0.3, -0.25) is 9.48 Å². The number of fused-ring (bicyclic) bond motifs is 1. The van der Waals surface area contributed by atoms with Crippen molar-refractivity contribution in [1.29, 1.82) is 5.26 Å². The van der Waals surface area contributed by atoms with Gasteiger partial charge < -0.3 is 14.8 Å². The number of benzene rings is 1. The first-order chi connectivity index (χ1) is 14.3. The van der Waals surface area contributed by atoms with Gasteiger partial charge >= 0.3 is 0 Å². The maximum absolute atomic E-state index is 12.5. The van der Waals surface area contributed by atoms with E-state index in [2.05, 4.69) is 30.3 Å². The topological polar surface area (TPSA) is 89.2 Å². The molecule has 0 aliphatic carbocycles. The summed E-state index contributed by atoms with van der Waals surface area (Å²) < 4.78 is 13.1. The van der Waals surface area contributed by atoms with Gasteiger partial charge in [-0.25, -0.2) is 0 Å². The monoisotopic (exact) mass is 410 g/mol. The van der Waals surface area contributed by atoms with Crippen LogP contribution in [0.4, 0.5) is 0 Å². The van der Waals surface area contributed by atoms with Crippen LogP contribution in [0, 0.1) is 25.2 Å². The van der Waals surface area contributed by atoms with E-state index < -0.39 is 0 Å². The number of nitrogens with zero attached hydrogens (tertiary/aromatic N) is 3. The van der Waals surface area contributed by atoms with Crippen LogP contribution in [-0.4, -0.2) is 35.4 Å². The maximum atomic E-state index is 12.5. The minimum atomic E-state index is -0.237. The van der Waals surface area contributed by atoms with Crippen LogP contribution in [0.1, 0.15) is 49.2 Å². The quantitative estimate of drug-likeness (QED) is 0.722. The van der Waals surface area contributed by atoms with E-state index in [-0.39, 0.29) is 11.3 Å². The molecule has 0 radical (unpaired) electrons. The molecule has 2 aromatic rings. The van der Waals surface area contributed by atoms with E-state index in [0.717, 1.165) is 34.0 Å². The second kappa shape index (κ2) is 9.21. The average molecular weight is 411 g/mol. The highest BCUT2D eigenvalue weighted by Crippen LogP contribution is 2.34. The predicted octanol–water partition coefficient (Wildman–Crippen LogP) is 3.21. The number of aryl methyl sites for hydroxylation is 2. The highest BCUT2D eigenvalue weighted by molar-refractivity contribution is 5.76. The lowest BCUT2D eigenvalue weighted by atomic mass is 9.84. The van der Waals surface area contributed by atoms with Gasteiger partial charge in [0.15, 0.2) is 11.5 Å². The lowest BCUT2D eigenvalue weighted by Gasteiger charge is -2.28. The van der Waals surface area contributed by atoms with Crippen LogP contribution in [0.3, 0.4) is 0 Å². The summed E-state index contributed by atoms with van der Waals surface area (Å²) in [6.07, 6.45) is 1.47. The number of nitrogens with one attached hydrogen (secondary N) is 1. The molecule has 0 unspecified atom stereocenters. The fraction of sp³-hybridized carbons (Fsp3) is 0.522. The molecule has 1 amide bonds. The van der Waals surface area contributed by atoms with Gasteiger partial charge in [0.1, 0.15) is 13.2 Å². The highest BCUT2D eigenvalue weighted by Gasteiger charge is 2.24. The Balaban J connectivity index is 1.55. The van der Waals surface area contributed by atoms with Crippen molar-refractivity contribution in [1.82, 2.24) is 15.1 Å². The molecule has 1 aromatic carbocycles. The standard InChI is InChI=1S/C23H30N4O3/c1-16-19(17(2)27(26-16)11-5-10-24)7-9-22(28)25-15-23(3,4)18-6-8-20-21(14-18)30-13-12-29-20/h6,8,14H,5,7,9,11-13,15H2,1-4H3,(H,25,28). The van der Waals surface area contributed by atoms with Crippen LogP contribution in [0.15, 0.2) is 18.2 Å². The molecule has 160 valence electrons. The van der Waals surface area contributed by atoms with E-state index in [1.807, 2.05) is 36.7 Å². The Bertz CT molecular complexity index is 956. The third-order valence-electron chi connectivity index (χ3n) is 5.62. The molecule has 0 spiro atoms. The molecule has 2 heterocycles. The molecule has 1 N–H and O–H groups in total. The first-order valence-corrected chi connectivity index (χ1v) is 10.4. The lowest BCUT2D eigenvalue weighted by molar-refractivity contribution is -0.121. The number of aromatic nitrogens is 2. The lowest BCUT2D eigenvalue weighted by Crippen LogP contribution is -2.36. The zero-order valence-corrected chi connectivity index (χ0v) is 18.2. The van der Waals surface area contributed by atoms with Gasteiger partial charge in [-0.1, -0.05) is 19.9 Å². The molecule has 30 heavy (non-hydrogen) atoms. The van der Waals surface area contributed by atoms with Crippen LogP contribution in [0.2, 0.25) is 0 Å². The number of ether oxygens (including phenoxy) is 2. The van der Waals surface area contributed by atoms with E-state index in [4.69, 9.17) is 14.7 Å². The summed E-state index contributed by atoms with van der Waals surface area (Å²) in [6.45, 7) is 10.4. The Morgan fingerprint density at radius 3 is 2.73 bits per heavy atom. The molecule has 3 rings (SSSR count). The highest BCUT2D eigenvalue weighted by atomic mass is 16.6. The number of nitriles is 1. The Labute approximate surface area is 178 Å². The number of hydrogen-bond acceptors (Lipinski definition) is 5. The summed E-state index contributed by atoms with van der Waals surface area (Å²) in [4.78, 5) is 12.5. The minimum Gasteiger partial charge on any atom is -0.486 e. The van der Waals surface area contributed by atoms with Gasteiger partial charge in [0.25, 0.3) is 0 Å². The minimum absolute atomic E-state index is 0.0178. The van der Waals surface area contributed by atoms with Crippen molar-refractivity contribution in [2.75, 3.05) is 19.8 Å². The van der Waals surface area contributed by atoms with Crippen LogP contribution in [0.25, 0.3) is 0 Å². The van der Waals surface area contributed by atoms with Crippen LogP contribution in [-0.2, 0) is 23.2 Å². The van der Waals surface area contributed by atoms with Gasteiger partial charge in [-0.05, 0) is 43.5 Å². The molecule has 0 bridgehead atoms. The Hall–Kier alpha value is -3.01. The zero-order chi connectivity index (χ0) is 21.7. The normalized spacial score (nSPS) is 13.0. The van der Waals surface area contributed by atoms with Crippen molar-refractivity contribution in [2.45, 2.75) is 58.9 Å². The summed E-state index contributed by atoms with van der Waals surface area (Å²) in [7, 11) is 0. The number of carbonyl (C=O) groups excluding carboxylic acids is 1. The van der Waals surface area contributed by atoms with Crippen molar-refractivity contribution >= 4 is 5.91 Å². The van der Waals surface area contributed by atoms with Gasteiger partial charge in [0, 0.05) is 24.1 Å². The van der Waals surface area contributed by atoms with E-state index >= 15 is 0 Å². The van der Waals surface area contributed by atoms with Gasteiger partial charge in [-0.2, -0.15) is 10.4 Å². The van der Waals surface area contributed by atoms with Crippen molar-refractivity contribution in [2.24, 2.45) is 0 Å². The van der Waals surface area contributed by atoms with Crippen molar-refractivity contribution in [3.8, 4) is 17.6 Å². The fourth-order valence-electron chi connectivity index (χ4n) is 3.68. The molecule has 0 saturated heterocycles. The van der Waals surface area contributed by atoms with Crippen LogP contribution in [0.5, 0.6) is 11.5 Å². The first kappa shape index (κ1) is 21.7. The average Bonchev–Trinajstić information content (AvgIpc) is 3.01. The summed E-state index contributed by atoms with van der Waals surface area (Å²) in [5.41, 5.74) is 3.91. The Morgan fingerprint density at radius 2 is 2.00 bits per heavy atom. The van der Waals surface area contributed by atoms with Crippen LogP contribution < -0.4 is 14.8 Å². The van der Waals surface area contributed by atoms with E-state index in [1.54, 1.807) is 0 Å². The molecule has 7 heteroatoms. The largest absolute Gasteiger partial charge is 0.486 e. The van der Waals surface area contributed by atoms with Crippen molar-refractivity contribution in [3.05, 3.63) is 40.7 Å². The van der Waals surface area contributed by atoms with E-state index in [1.165, 1.54) is 0 Å². The molecular formula is C23H30N4O3. The fourth-order valence-corrected chi connectivity index (χ4v) is 3.68. The Morgan fingerprint density at radius 1 is 1.27 bits per heavy atom. The van der Waals surface area contributed by atoms with Crippen molar-refractivity contribution in [3.63, 3.8) is 0 Å². The molecule has 1 aliphatic rings. The number of amides is 1. The number of rotatable bonds is 8. The van der Waals surface area contributed by atoms with E-state index in [9.17, 15) is 4.79 Å². The van der Waals surface area contributed by atoms with Gasteiger partial charge in [0.05, 0.1) is 24.7 Å². The molecule has 0 atom stereocenters. The van der Waals surface area contributed by atoms with Crippen LogP contribution >= 0.6 is 0 Å². The first-order valence-electron chi connectivity index (χ1n) is 10.4. The van der Waals surface area contributed by atoms with E-state index in [0.29, 0.717) is 45.6 Å². The Kier molecular flexibility index (Phi) is 6.66. The summed E-state index contributed by atoms with van der Waals surface area (Å²) in [6, 6.07) is 8.11. The van der Waals surface area contributed by atoms with Gasteiger partial charge in [-0.15, -0.1) is 0 Å². The summed E-state index contributed by atoms with van der Waals surface area (Å²) in [5.74, 6) is 1.55. The third kappa shape index (κ3) is 4.93. The SMILES string of the molecule is Cc1nn(CCC#N)c(C)c1CCC(=O)NCC(C)(C)c1ccc2c(c1)OCCO2. The maximum Gasteiger partial charge on any atom is 0.220 e. The molecule has 0 fully saturated rings. The number of hydrogen-bond donors (Lipinski definition) is 1.